The Balaban J connectivity index is 4.85. The predicted molar refractivity (Wildman–Crippen MR) is 85.6 cm³/mol. The molecule has 18 heavy (non-hydrogen) atoms. The smallest absolute Gasteiger partial charge is 0.194 e. The molecule has 0 aromatic rings. The molecule has 0 aliphatic heterocycles. The highest BCUT2D eigenvalue weighted by molar-refractivity contribution is 6.74. The van der Waals surface area contributed by atoms with Crippen LogP contribution in [0.1, 0.15) is 41.5 Å². The molecule has 0 aromatic carbocycles. The number of hydrogen-bond donors (Lipinski definition) is 0. The molecule has 0 aliphatic rings. The Kier molecular flexibility index (Phi) is 9.27. The summed E-state index contributed by atoms with van der Waals surface area (Å²) in [5.41, 5.74) is 1.57. The first-order chi connectivity index (χ1) is 8.31. The van der Waals surface area contributed by atoms with Gasteiger partial charge < -0.3 is 4.43 Å². The van der Waals surface area contributed by atoms with E-state index in [0.29, 0.717) is 24.4 Å². The Labute approximate surface area is 120 Å². The molecule has 0 saturated heterocycles. The van der Waals surface area contributed by atoms with E-state index < -0.39 is 8.32 Å². The van der Waals surface area contributed by atoms with Crippen LogP contribution in [0.3, 0.4) is 0 Å². The van der Waals surface area contributed by atoms with Gasteiger partial charge in [0.05, 0.1) is 6.61 Å². The van der Waals surface area contributed by atoms with E-state index in [1.54, 1.807) is 5.54 Å². The van der Waals surface area contributed by atoms with Crippen LogP contribution in [0, 0.1) is 17.8 Å². The molecule has 0 saturated carbocycles. The maximum atomic E-state index is 6.37. The standard InChI is InChI=1S/C15H31ClOSi/c1-13(2)10-18(11-14(3)4,12-15(5)6)17-9-7-8-16/h7-8,13-15H,9-12H2,1-6H3/b8-7+. The number of hydrogen-bond acceptors (Lipinski definition) is 1. The van der Waals surface area contributed by atoms with Gasteiger partial charge in [-0.15, -0.1) is 0 Å². The summed E-state index contributed by atoms with van der Waals surface area (Å²) in [7, 11) is -1.63. The molecule has 108 valence electrons. The second-order valence-corrected chi connectivity index (χ2v) is 10.8. The second-order valence-electron chi connectivity index (χ2n) is 6.65. The molecule has 0 heterocycles. The van der Waals surface area contributed by atoms with Crippen molar-refractivity contribution in [3.8, 4) is 0 Å². The fraction of sp³-hybridized carbons (Fsp3) is 0.867. The Morgan fingerprint density at radius 3 is 1.56 bits per heavy atom. The maximum Gasteiger partial charge on any atom is 0.194 e. The van der Waals surface area contributed by atoms with Crippen LogP contribution in [0.4, 0.5) is 0 Å². The normalized spacial score (nSPS) is 13.4. The van der Waals surface area contributed by atoms with E-state index in [2.05, 4.69) is 41.5 Å². The average molecular weight is 291 g/mol. The van der Waals surface area contributed by atoms with E-state index in [9.17, 15) is 0 Å². The molecule has 0 rings (SSSR count). The third-order valence-corrected chi connectivity index (χ3v) is 8.55. The summed E-state index contributed by atoms with van der Waals surface area (Å²) < 4.78 is 6.37. The molecule has 0 fully saturated rings. The fourth-order valence-electron chi connectivity index (χ4n) is 2.92. The van der Waals surface area contributed by atoms with Crippen LogP contribution in [-0.4, -0.2) is 14.9 Å². The van der Waals surface area contributed by atoms with Crippen LogP contribution in [0.15, 0.2) is 11.6 Å². The monoisotopic (exact) mass is 290 g/mol. The van der Waals surface area contributed by atoms with Crippen molar-refractivity contribution in [3.05, 3.63) is 11.6 Å². The van der Waals surface area contributed by atoms with Gasteiger partial charge in [-0.05, 0) is 42.0 Å². The highest BCUT2D eigenvalue weighted by Crippen LogP contribution is 2.33. The first-order valence-electron chi connectivity index (χ1n) is 7.20. The first-order valence-corrected chi connectivity index (χ1v) is 10.2. The lowest BCUT2D eigenvalue weighted by Crippen LogP contribution is -2.42. The lowest BCUT2D eigenvalue weighted by molar-refractivity contribution is 0.322. The van der Waals surface area contributed by atoms with Crippen molar-refractivity contribution in [2.75, 3.05) is 6.61 Å². The van der Waals surface area contributed by atoms with Gasteiger partial charge in [-0.25, -0.2) is 0 Å². The summed E-state index contributed by atoms with van der Waals surface area (Å²) >= 11 is 5.60. The third-order valence-electron chi connectivity index (χ3n) is 2.92. The fourth-order valence-corrected chi connectivity index (χ4v) is 8.76. The molecule has 0 atom stereocenters. The summed E-state index contributed by atoms with van der Waals surface area (Å²) in [4.78, 5) is 0. The predicted octanol–water partition coefficient (Wildman–Crippen LogP) is 5.67. The molecular weight excluding hydrogens is 260 g/mol. The zero-order valence-electron chi connectivity index (χ0n) is 13.0. The minimum atomic E-state index is -1.63. The minimum absolute atomic E-state index is 0.682. The van der Waals surface area contributed by atoms with Gasteiger partial charge in [-0.3, -0.25) is 0 Å². The van der Waals surface area contributed by atoms with Crippen LogP contribution in [0.5, 0.6) is 0 Å². The van der Waals surface area contributed by atoms with Crippen LogP contribution < -0.4 is 0 Å². The molecule has 0 radical (unpaired) electrons. The van der Waals surface area contributed by atoms with Crippen LogP contribution in [0.2, 0.25) is 18.1 Å². The van der Waals surface area contributed by atoms with Gasteiger partial charge in [0.15, 0.2) is 8.32 Å². The molecule has 1 nitrogen and oxygen atoms in total. The molecule has 0 spiro atoms. The van der Waals surface area contributed by atoms with Crippen molar-refractivity contribution in [2.45, 2.75) is 59.7 Å². The molecule has 0 N–H and O–H groups in total. The molecular formula is C15H31ClOSi. The van der Waals surface area contributed by atoms with Crippen molar-refractivity contribution in [1.29, 1.82) is 0 Å². The first kappa shape index (κ1) is 18.2. The summed E-state index contributed by atoms with van der Waals surface area (Å²) in [5.74, 6) is 2.15. The lowest BCUT2D eigenvalue weighted by atomic mass is 10.2. The molecule has 0 unspecified atom stereocenters. The largest absolute Gasteiger partial charge is 0.413 e. The van der Waals surface area contributed by atoms with Crippen molar-refractivity contribution >= 4 is 19.9 Å². The van der Waals surface area contributed by atoms with Gasteiger partial charge in [0.1, 0.15) is 0 Å². The highest BCUT2D eigenvalue weighted by Gasteiger charge is 2.36. The van der Waals surface area contributed by atoms with E-state index in [1.165, 1.54) is 18.1 Å². The average Bonchev–Trinajstić information content (AvgIpc) is 2.13. The molecule has 3 heteroatoms. The van der Waals surface area contributed by atoms with Gasteiger partial charge in [0.2, 0.25) is 0 Å². The third kappa shape index (κ3) is 8.33. The Bertz CT molecular complexity index is 210. The van der Waals surface area contributed by atoms with Gasteiger partial charge in [0.25, 0.3) is 0 Å². The van der Waals surface area contributed by atoms with Gasteiger partial charge in [-0.2, -0.15) is 0 Å². The van der Waals surface area contributed by atoms with Crippen LogP contribution >= 0.6 is 11.6 Å². The summed E-state index contributed by atoms with van der Waals surface area (Å²) in [5, 5.41) is 0. The maximum absolute atomic E-state index is 6.37. The van der Waals surface area contributed by atoms with E-state index in [-0.39, 0.29) is 0 Å². The summed E-state index contributed by atoms with van der Waals surface area (Å²) in [6, 6.07) is 3.79. The van der Waals surface area contributed by atoms with Gasteiger partial charge in [-0.1, -0.05) is 53.1 Å². The van der Waals surface area contributed by atoms with E-state index in [0.717, 1.165) is 0 Å². The minimum Gasteiger partial charge on any atom is -0.413 e. The topological polar surface area (TPSA) is 9.23 Å². The number of rotatable bonds is 9. The quantitative estimate of drug-likeness (QED) is 0.497. The van der Waals surface area contributed by atoms with Gasteiger partial charge >= 0.3 is 0 Å². The summed E-state index contributed by atoms with van der Waals surface area (Å²) in [6.07, 6.45) is 1.92. The SMILES string of the molecule is CC(C)C[Si](CC(C)C)(CC(C)C)OC/C=C/Cl. The molecule has 0 aliphatic carbocycles. The van der Waals surface area contributed by atoms with E-state index >= 15 is 0 Å². The van der Waals surface area contributed by atoms with E-state index in [4.69, 9.17) is 16.0 Å². The Morgan fingerprint density at radius 2 is 1.28 bits per heavy atom. The Hall–Kier alpha value is 0.207. The summed E-state index contributed by atoms with van der Waals surface area (Å²) in [6.45, 7) is 14.5. The molecule has 0 bridgehead atoms. The zero-order valence-corrected chi connectivity index (χ0v) is 14.8. The van der Waals surface area contributed by atoms with Crippen molar-refractivity contribution in [2.24, 2.45) is 17.8 Å². The van der Waals surface area contributed by atoms with Crippen molar-refractivity contribution in [3.63, 3.8) is 0 Å². The highest BCUT2D eigenvalue weighted by atomic mass is 35.5. The van der Waals surface area contributed by atoms with Crippen molar-refractivity contribution < 1.29 is 4.43 Å². The zero-order chi connectivity index (χ0) is 14.2. The molecule has 0 amide bonds. The van der Waals surface area contributed by atoms with Crippen LogP contribution in [0.25, 0.3) is 0 Å². The van der Waals surface area contributed by atoms with E-state index in [1.807, 2.05) is 6.08 Å². The van der Waals surface area contributed by atoms with Crippen molar-refractivity contribution in [1.82, 2.24) is 0 Å². The molecule has 0 aromatic heterocycles. The second kappa shape index (κ2) is 9.16. The van der Waals surface area contributed by atoms with Crippen LogP contribution in [-0.2, 0) is 4.43 Å². The number of halogens is 1. The van der Waals surface area contributed by atoms with Gasteiger partial charge in [0, 0.05) is 5.54 Å². The Morgan fingerprint density at radius 1 is 0.889 bits per heavy atom. The lowest BCUT2D eigenvalue weighted by Gasteiger charge is -2.35.